The molecule has 0 radical (unpaired) electrons. The Hall–Kier alpha value is -3.09. The van der Waals surface area contributed by atoms with Crippen molar-refractivity contribution in [3.63, 3.8) is 0 Å². The Morgan fingerprint density at radius 1 is 1.13 bits per heavy atom. The molecule has 0 aliphatic heterocycles. The average Bonchev–Trinajstić information content (AvgIpc) is 2.57. The number of carbonyl (C=O) groups is 1. The van der Waals surface area contributed by atoms with Crippen LogP contribution in [0.3, 0.4) is 0 Å². The molecule has 1 aromatic heterocycles. The Morgan fingerprint density at radius 3 is 2.30 bits per heavy atom. The third-order valence-corrected chi connectivity index (χ3v) is 3.50. The number of nitrogens with zero attached hydrogens (tertiary/aromatic N) is 2. The summed E-state index contributed by atoms with van der Waals surface area (Å²) in [6.07, 6.45) is 2.81. The van der Waals surface area contributed by atoms with Gasteiger partial charge in [-0.3, -0.25) is 18.7 Å². The highest BCUT2D eigenvalue weighted by Crippen LogP contribution is 2.13. The van der Waals surface area contributed by atoms with Gasteiger partial charge in [-0.1, -0.05) is 18.2 Å². The van der Waals surface area contributed by atoms with Crippen LogP contribution in [-0.4, -0.2) is 22.0 Å². The van der Waals surface area contributed by atoms with E-state index in [1.807, 2.05) is 0 Å². The maximum Gasteiger partial charge on any atom is 0.332 e. The van der Waals surface area contributed by atoms with Crippen LogP contribution in [0, 0.1) is 0 Å². The molecule has 2 aromatic rings. The lowest BCUT2D eigenvalue weighted by Gasteiger charge is -2.09. The molecule has 0 atom stereocenters. The number of ketones is 1. The van der Waals surface area contributed by atoms with Gasteiger partial charge in [0, 0.05) is 14.1 Å². The fourth-order valence-corrected chi connectivity index (χ4v) is 2.06. The molecule has 0 aliphatic carbocycles. The first kappa shape index (κ1) is 16.3. The number of aromatic nitrogens is 2. The monoisotopic (exact) mass is 315 g/mol. The number of carbonyl (C=O) groups excluding carboxylic acids is 1. The molecule has 0 bridgehead atoms. The molecule has 2 rings (SSSR count). The summed E-state index contributed by atoms with van der Waals surface area (Å²) in [5.41, 5.74) is 4.99. The zero-order valence-corrected chi connectivity index (χ0v) is 13.1. The standard InChI is InChI=1S/C16H17N3O4/c1-18-14(17)13(15(21)19(2)16(18)22)12(20)9-6-10-4-7-11(23-3)8-5-10/h4-9H,17H2,1-3H3/b9-6-. The third kappa shape index (κ3) is 3.08. The van der Waals surface area contributed by atoms with Gasteiger partial charge in [0.25, 0.3) is 5.56 Å². The van der Waals surface area contributed by atoms with Crippen molar-refractivity contribution in [1.29, 1.82) is 0 Å². The normalized spacial score (nSPS) is 10.9. The Balaban J connectivity index is 2.39. The number of anilines is 1. The molecule has 1 heterocycles. The van der Waals surface area contributed by atoms with E-state index in [4.69, 9.17) is 10.5 Å². The highest BCUT2D eigenvalue weighted by molar-refractivity contribution is 6.09. The van der Waals surface area contributed by atoms with E-state index in [1.165, 1.54) is 20.2 Å². The van der Waals surface area contributed by atoms with E-state index in [2.05, 4.69) is 0 Å². The van der Waals surface area contributed by atoms with Gasteiger partial charge in [0.05, 0.1) is 7.11 Å². The van der Waals surface area contributed by atoms with E-state index >= 15 is 0 Å². The van der Waals surface area contributed by atoms with Crippen molar-refractivity contribution < 1.29 is 9.53 Å². The third-order valence-electron chi connectivity index (χ3n) is 3.50. The first-order valence-electron chi connectivity index (χ1n) is 6.78. The average molecular weight is 315 g/mol. The summed E-state index contributed by atoms with van der Waals surface area (Å²) in [6, 6.07) is 7.04. The summed E-state index contributed by atoms with van der Waals surface area (Å²) in [5.74, 6) is -0.0124. The summed E-state index contributed by atoms with van der Waals surface area (Å²) in [6.45, 7) is 0. The van der Waals surface area contributed by atoms with E-state index in [-0.39, 0.29) is 11.4 Å². The highest BCUT2D eigenvalue weighted by atomic mass is 16.5. The number of rotatable bonds is 4. The Morgan fingerprint density at radius 2 is 1.74 bits per heavy atom. The Bertz CT molecular complexity index is 889. The van der Waals surface area contributed by atoms with E-state index < -0.39 is 17.0 Å². The van der Waals surface area contributed by atoms with Crippen molar-refractivity contribution in [2.45, 2.75) is 0 Å². The zero-order chi connectivity index (χ0) is 17.1. The SMILES string of the molecule is COc1ccc(/C=C\C(=O)c2c(N)n(C)c(=O)n(C)c2=O)cc1. The van der Waals surface area contributed by atoms with Gasteiger partial charge in [-0.05, 0) is 23.8 Å². The molecule has 23 heavy (non-hydrogen) atoms. The predicted molar refractivity (Wildman–Crippen MR) is 87.7 cm³/mol. The predicted octanol–water partition coefficient (Wildman–Crippen LogP) is 0.571. The number of nitrogens with two attached hydrogens (primary N) is 1. The van der Waals surface area contributed by atoms with Crippen LogP contribution in [0.25, 0.3) is 6.08 Å². The molecule has 2 N–H and O–H groups in total. The van der Waals surface area contributed by atoms with Crippen LogP contribution in [0.5, 0.6) is 5.75 Å². The minimum absolute atomic E-state index is 0.150. The van der Waals surface area contributed by atoms with Gasteiger partial charge < -0.3 is 10.5 Å². The van der Waals surface area contributed by atoms with Crippen molar-refractivity contribution in [3.05, 3.63) is 62.3 Å². The van der Waals surface area contributed by atoms with Gasteiger partial charge in [-0.15, -0.1) is 0 Å². The van der Waals surface area contributed by atoms with Gasteiger partial charge in [0.1, 0.15) is 17.1 Å². The summed E-state index contributed by atoms with van der Waals surface area (Å²) < 4.78 is 6.97. The van der Waals surface area contributed by atoms with Crippen molar-refractivity contribution in [1.82, 2.24) is 9.13 Å². The summed E-state index contributed by atoms with van der Waals surface area (Å²) in [7, 11) is 4.27. The second-order valence-corrected chi connectivity index (χ2v) is 4.94. The second-order valence-electron chi connectivity index (χ2n) is 4.94. The van der Waals surface area contributed by atoms with Crippen LogP contribution in [0.15, 0.2) is 39.9 Å². The van der Waals surface area contributed by atoms with Crippen molar-refractivity contribution in [3.8, 4) is 5.75 Å². The van der Waals surface area contributed by atoms with Crippen molar-refractivity contribution in [2.24, 2.45) is 14.1 Å². The number of hydrogen-bond donors (Lipinski definition) is 1. The number of allylic oxidation sites excluding steroid dienone is 1. The van der Waals surface area contributed by atoms with Crippen molar-refractivity contribution in [2.75, 3.05) is 12.8 Å². The van der Waals surface area contributed by atoms with E-state index in [9.17, 15) is 14.4 Å². The first-order valence-corrected chi connectivity index (χ1v) is 6.78. The lowest BCUT2D eigenvalue weighted by atomic mass is 10.1. The number of benzene rings is 1. The van der Waals surface area contributed by atoms with Gasteiger partial charge in [-0.2, -0.15) is 0 Å². The van der Waals surface area contributed by atoms with Crippen molar-refractivity contribution >= 4 is 17.7 Å². The fraction of sp³-hybridized carbons (Fsp3) is 0.188. The van der Waals surface area contributed by atoms with Gasteiger partial charge in [0.2, 0.25) is 0 Å². The van der Waals surface area contributed by atoms with Crippen LogP contribution >= 0.6 is 0 Å². The summed E-state index contributed by atoms with van der Waals surface area (Å²) in [4.78, 5) is 36.1. The molecule has 0 amide bonds. The lowest BCUT2D eigenvalue weighted by molar-refractivity contribution is 0.104. The smallest absolute Gasteiger partial charge is 0.332 e. The number of nitrogen functional groups attached to an aromatic ring is 1. The van der Waals surface area contributed by atoms with Crippen LogP contribution in [-0.2, 0) is 14.1 Å². The van der Waals surface area contributed by atoms with Gasteiger partial charge in [-0.25, -0.2) is 4.79 Å². The van der Waals surface area contributed by atoms with E-state index in [0.29, 0.717) is 5.75 Å². The second kappa shape index (κ2) is 6.35. The summed E-state index contributed by atoms with van der Waals surface area (Å²) in [5, 5.41) is 0. The minimum Gasteiger partial charge on any atom is -0.497 e. The largest absolute Gasteiger partial charge is 0.497 e. The maximum absolute atomic E-state index is 12.3. The maximum atomic E-state index is 12.3. The Kier molecular flexibility index (Phi) is 4.49. The van der Waals surface area contributed by atoms with Gasteiger partial charge >= 0.3 is 5.69 Å². The molecular weight excluding hydrogens is 298 g/mol. The van der Waals surface area contributed by atoms with Crippen LogP contribution in [0.1, 0.15) is 15.9 Å². The quantitative estimate of drug-likeness (QED) is 0.657. The van der Waals surface area contributed by atoms with E-state index in [0.717, 1.165) is 14.7 Å². The topological polar surface area (TPSA) is 96.3 Å². The highest BCUT2D eigenvalue weighted by Gasteiger charge is 2.18. The molecule has 7 heteroatoms. The molecule has 7 nitrogen and oxygen atoms in total. The number of ether oxygens (including phenoxy) is 1. The summed E-state index contributed by atoms with van der Waals surface area (Å²) >= 11 is 0. The molecule has 0 fully saturated rings. The fourth-order valence-electron chi connectivity index (χ4n) is 2.06. The molecular formula is C16H17N3O4. The molecule has 0 spiro atoms. The molecule has 0 saturated carbocycles. The molecule has 1 aromatic carbocycles. The van der Waals surface area contributed by atoms with E-state index in [1.54, 1.807) is 37.5 Å². The van der Waals surface area contributed by atoms with Gasteiger partial charge in [0.15, 0.2) is 5.78 Å². The first-order chi connectivity index (χ1) is 10.9. The van der Waals surface area contributed by atoms with Crippen LogP contribution < -0.4 is 21.7 Å². The Labute approximate surface area is 132 Å². The number of hydrogen-bond acceptors (Lipinski definition) is 5. The van der Waals surface area contributed by atoms with Crippen LogP contribution in [0.2, 0.25) is 0 Å². The lowest BCUT2D eigenvalue weighted by Crippen LogP contribution is -2.41. The number of methoxy groups -OCH3 is 1. The van der Waals surface area contributed by atoms with Crippen LogP contribution in [0.4, 0.5) is 5.82 Å². The zero-order valence-electron chi connectivity index (χ0n) is 13.1. The molecule has 0 aliphatic rings. The minimum atomic E-state index is -0.713. The molecule has 120 valence electrons. The molecule has 0 saturated heterocycles. The molecule has 0 unspecified atom stereocenters.